The van der Waals surface area contributed by atoms with E-state index in [9.17, 15) is 19.8 Å². The van der Waals surface area contributed by atoms with Crippen LogP contribution < -0.4 is 0 Å². The number of hydrogen-bond donors (Lipinski definition) is 3. The molecule has 2 heterocycles. The van der Waals surface area contributed by atoms with Gasteiger partial charge in [-0.1, -0.05) is 41.9 Å². The summed E-state index contributed by atoms with van der Waals surface area (Å²) in [5.74, 6) is -1.61. The monoisotopic (exact) mass is 472 g/mol. The standard InChI is InChI=1S/C27H21ClN2O4/c28-19-9-5-17(6-10-19)25(32)23-24(16-7-11-20(31)12-8-16)30(27(34)26(23)33)14-13-18-15-29-22-4-2-1-3-21(18)22/h1-12,15,24,29,31-32H,13-14H2/t24-/m0/s1. The molecule has 3 N–H and O–H groups in total. The summed E-state index contributed by atoms with van der Waals surface area (Å²) in [5, 5.41) is 22.4. The number of likely N-dealkylation sites (tertiary alicyclic amines) is 1. The van der Waals surface area contributed by atoms with Crippen molar-refractivity contribution in [3.05, 3.63) is 106 Å². The number of phenols is 1. The Labute approximate surface area is 200 Å². The number of nitrogens with one attached hydrogen (secondary N) is 1. The molecule has 1 amide bonds. The van der Waals surface area contributed by atoms with E-state index in [0.717, 1.165) is 16.5 Å². The fourth-order valence-corrected chi connectivity index (χ4v) is 4.58. The number of carbonyl (C=O) groups is 2. The van der Waals surface area contributed by atoms with Crippen LogP contribution in [0.3, 0.4) is 0 Å². The highest BCUT2D eigenvalue weighted by molar-refractivity contribution is 6.46. The molecule has 6 nitrogen and oxygen atoms in total. The Morgan fingerprint density at radius 2 is 1.68 bits per heavy atom. The number of aliphatic hydroxyl groups excluding tert-OH is 1. The van der Waals surface area contributed by atoms with Crippen molar-refractivity contribution >= 4 is 40.0 Å². The Hall–Kier alpha value is -4.03. The van der Waals surface area contributed by atoms with Crippen molar-refractivity contribution < 1.29 is 19.8 Å². The van der Waals surface area contributed by atoms with Gasteiger partial charge < -0.3 is 20.1 Å². The van der Waals surface area contributed by atoms with Gasteiger partial charge >= 0.3 is 0 Å². The molecule has 1 atom stereocenters. The molecule has 3 aromatic carbocycles. The van der Waals surface area contributed by atoms with E-state index in [0.29, 0.717) is 22.6 Å². The first-order chi connectivity index (χ1) is 16.4. The third kappa shape index (κ3) is 3.82. The number of amides is 1. The van der Waals surface area contributed by atoms with Gasteiger partial charge in [0.1, 0.15) is 11.5 Å². The quantitative estimate of drug-likeness (QED) is 0.211. The number of aromatic nitrogens is 1. The molecule has 0 saturated carbocycles. The zero-order valence-corrected chi connectivity index (χ0v) is 18.8. The summed E-state index contributed by atoms with van der Waals surface area (Å²) in [5.41, 5.74) is 3.04. The van der Waals surface area contributed by atoms with Crippen LogP contribution in [0, 0.1) is 0 Å². The minimum atomic E-state index is -0.790. The molecule has 0 spiro atoms. The first kappa shape index (κ1) is 21.8. The van der Waals surface area contributed by atoms with Gasteiger partial charge in [-0.3, -0.25) is 9.59 Å². The summed E-state index contributed by atoms with van der Waals surface area (Å²) in [6.45, 7) is 0.273. The maximum Gasteiger partial charge on any atom is 0.295 e. The van der Waals surface area contributed by atoms with Gasteiger partial charge in [0.15, 0.2) is 0 Å². The molecule has 0 aliphatic carbocycles. The summed E-state index contributed by atoms with van der Waals surface area (Å²) >= 11 is 5.97. The number of ketones is 1. The highest BCUT2D eigenvalue weighted by Gasteiger charge is 2.45. The molecule has 7 heteroatoms. The first-order valence-corrected chi connectivity index (χ1v) is 11.2. The van der Waals surface area contributed by atoms with E-state index in [-0.39, 0.29) is 23.6 Å². The molecule has 1 aliphatic rings. The van der Waals surface area contributed by atoms with Crippen molar-refractivity contribution in [2.45, 2.75) is 12.5 Å². The number of benzene rings is 3. The molecule has 1 aliphatic heterocycles. The lowest BCUT2D eigenvalue weighted by atomic mass is 9.95. The van der Waals surface area contributed by atoms with Crippen molar-refractivity contribution in [3.8, 4) is 5.75 Å². The summed E-state index contributed by atoms with van der Waals surface area (Å²) in [6, 6.07) is 19.8. The molecular formula is C27H21ClN2O4. The highest BCUT2D eigenvalue weighted by atomic mass is 35.5. The molecule has 1 saturated heterocycles. The number of fused-ring (bicyclic) bond motifs is 1. The van der Waals surface area contributed by atoms with Crippen LogP contribution in [0.4, 0.5) is 0 Å². The highest BCUT2D eigenvalue weighted by Crippen LogP contribution is 2.40. The lowest BCUT2D eigenvalue weighted by Gasteiger charge is -2.25. The van der Waals surface area contributed by atoms with Crippen molar-refractivity contribution in [2.24, 2.45) is 0 Å². The summed E-state index contributed by atoms with van der Waals surface area (Å²) in [4.78, 5) is 31.0. The fraction of sp³-hybridized carbons (Fsp3) is 0.111. The number of hydrogen-bond acceptors (Lipinski definition) is 4. The van der Waals surface area contributed by atoms with E-state index >= 15 is 0 Å². The van der Waals surface area contributed by atoms with Crippen LogP contribution in [-0.2, 0) is 16.0 Å². The Balaban J connectivity index is 1.56. The van der Waals surface area contributed by atoms with Crippen LogP contribution in [0.15, 0.2) is 84.6 Å². The number of nitrogens with zero attached hydrogens (tertiary/aromatic N) is 1. The van der Waals surface area contributed by atoms with Crippen LogP contribution in [0.25, 0.3) is 16.7 Å². The molecule has 4 aromatic rings. The first-order valence-electron chi connectivity index (χ1n) is 10.8. The number of para-hydroxylation sites is 1. The number of rotatable bonds is 5. The Kier molecular flexibility index (Phi) is 5.59. The normalized spacial score (nSPS) is 17.6. The minimum Gasteiger partial charge on any atom is -0.508 e. The van der Waals surface area contributed by atoms with Gasteiger partial charge in [-0.15, -0.1) is 0 Å². The van der Waals surface area contributed by atoms with Gasteiger partial charge in [0, 0.05) is 34.2 Å². The average Bonchev–Trinajstić information content (AvgIpc) is 3.37. The lowest BCUT2D eigenvalue weighted by molar-refractivity contribution is -0.139. The number of H-pyrrole nitrogens is 1. The average molecular weight is 473 g/mol. The third-order valence-electron chi connectivity index (χ3n) is 6.16. The van der Waals surface area contributed by atoms with E-state index in [1.165, 1.54) is 17.0 Å². The minimum absolute atomic E-state index is 0.0111. The predicted octanol–water partition coefficient (Wildman–Crippen LogP) is 5.19. The van der Waals surface area contributed by atoms with Crippen molar-refractivity contribution in [2.75, 3.05) is 6.54 Å². The molecule has 0 bridgehead atoms. The zero-order chi connectivity index (χ0) is 23.8. The largest absolute Gasteiger partial charge is 0.508 e. The smallest absolute Gasteiger partial charge is 0.295 e. The summed E-state index contributed by atoms with van der Waals surface area (Å²) in [6.07, 6.45) is 2.43. The number of aromatic amines is 1. The van der Waals surface area contributed by atoms with Gasteiger partial charge in [-0.05, 0) is 60.0 Å². The molecule has 34 heavy (non-hydrogen) atoms. The van der Waals surface area contributed by atoms with Gasteiger partial charge in [0.25, 0.3) is 11.7 Å². The predicted molar refractivity (Wildman–Crippen MR) is 131 cm³/mol. The Morgan fingerprint density at radius 1 is 0.971 bits per heavy atom. The Bertz CT molecular complexity index is 1420. The van der Waals surface area contributed by atoms with Gasteiger partial charge in [-0.2, -0.15) is 0 Å². The number of phenolic OH excluding ortho intramolecular Hbond substituents is 1. The van der Waals surface area contributed by atoms with E-state index in [4.69, 9.17) is 11.6 Å². The van der Waals surface area contributed by atoms with E-state index in [1.54, 1.807) is 36.4 Å². The van der Waals surface area contributed by atoms with Gasteiger partial charge in [0.05, 0.1) is 11.6 Å². The topological polar surface area (TPSA) is 93.6 Å². The molecular weight excluding hydrogens is 452 g/mol. The van der Waals surface area contributed by atoms with Gasteiger partial charge in [-0.25, -0.2) is 0 Å². The fourth-order valence-electron chi connectivity index (χ4n) is 4.46. The summed E-state index contributed by atoms with van der Waals surface area (Å²) < 4.78 is 0. The number of Topliss-reactive ketones (excluding diaryl/α,β-unsaturated/α-hetero) is 1. The van der Waals surface area contributed by atoms with Gasteiger partial charge in [0.2, 0.25) is 0 Å². The van der Waals surface area contributed by atoms with E-state index in [2.05, 4.69) is 4.98 Å². The van der Waals surface area contributed by atoms with E-state index < -0.39 is 17.7 Å². The van der Waals surface area contributed by atoms with Crippen LogP contribution in [0.1, 0.15) is 22.7 Å². The molecule has 1 fully saturated rings. The zero-order valence-electron chi connectivity index (χ0n) is 18.0. The third-order valence-corrected chi connectivity index (χ3v) is 6.42. The molecule has 0 unspecified atom stereocenters. The Morgan fingerprint density at radius 3 is 2.41 bits per heavy atom. The summed E-state index contributed by atoms with van der Waals surface area (Å²) in [7, 11) is 0. The second kappa shape index (κ2) is 8.72. The molecule has 5 rings (SSSR count). The van der Waals surface area contributed by atoms with E-state index in [1.807, 2.05) is 30.5 Å². The number of aromatic hydroxyl groups is 1. The molecule has 170 valence electrons. The van der Waals surface area contributed by atoms with Crippen LogP contribution >= 0.6 is 11.6 Å². The second-order valence-electron chi connectivity index (χ2n) is 8.20. The second-order valence-corrected chi connectivity index (χ2v) is 8.64. The maximum absolute atomic E-state index is 13.1. The number of halogens is 1. The van der Waals surface area contributed by atoms with Crippen LogP contribution in [0.5, 0.6) is 5.75 Å². The number of carbonyl (C=O) groups excluding carboxylic acids is 2. The van der Waals surface area contributed by atoms with Crippen molar-refractivity contribution in [1.29, 1.82) is 0 Å². The van der Waals surface area contributed by atoms with Crippen molar-refractivity contribution in [1.82, 2.24) is 9.88 Å². The van der Waals surface area contributed by atoms with Crippen molar-refractivity contribution in [3.63, 3.8) is 0 Å². The maximum atomic E-state index is 13.1. The molecule has 1 aromatic heterocycles. The molecule has 0 radical (unpaired) electrons. The van der Waals surface area contributed by atoms with Crippen LogP contribution in [0.2, 0.25) is 5.02 Å². The SMILES string of the molecule is O=C1C(=O)N(CCc2c[nH]c3ccccc23)[C@@H](c2ccc(O)cc2)C1=C(O)c1ccc(Cl)cc1. The lowest BCUT2D eigenvalue weighted by Crippen LogP contribution is -2.31. The van der Waals surface area contributed by atoms with Crippen LogP contribution in [-0.4, -0.2) is 38.3 Å². The number of aliphatic hydroxyl groups is 1.